The molecule has 3 saturated heterocycles. The maximum absolute atomic E-state index is 13.7. The highest BCUT2D eigenvalue weighted by Crippen LogP contribution is 2.56. The molecule has 2 aliphatic carbocycles. The van der Waals surface area contributed by atoms with Crippen molar-refractivity contribution in [3.8, 4) is 0 Å². The predicted molar refractivity (Wildman–Crippen MR) is 136 cm³/mol. The largest absolute Gasteiger partial charge is 0.393 e. The van der Waals surface area contributed by atoms with Crippen LogP contribution in [0.5, 0.6) is 0 Å². The molecule has 1 spiro atoms. The van der Waals surface area contributed by atoms with Gasteiger partial charge in [-0.1, -0.05) is 18.2 Å². The molecule has 2 aromatic rings. The molecule has 7 rings (SSSR count). The zero-order valence-corrected chi connectivity index (χ0v) is 21.4. The van der Waals surface area contributed by atoms with E-state index in [1.165, 1.54) is 12.1 Å². The van der Waals surface area contributed by atoms with Gasteiger partial charge in [0.2, 0.25) is 12.3 Å². The van der Waals surface area contributed by atoms with Crippen molar-refractivity contribution in [1.29, 1.82) is 0 Å². The third-order valence-corrected chi connectivity index (χ3v) is 8.35. The van der Waals surface area contributed by atoms with E-state index >= 15 is 0 Å². The number of amides is 3. The van der Waals surface area contributed by atoms with Crippen molar-refractivity contribution in [2.24, 2.45) is 0 Å². The van der Waals surface area contributed by atoms with Crippen LogP contribution in [0.2, 0.25) is 0 Å². The normalized spacial score (nSPS) is 29.6. The Labute approximate surface area is 220 Å². The molecule has 3 N–H and O–H groups in total. The standard InChI is InChI=1S/C28H33FN4O5/c1-30-26(36)31-20-6-11-23-18(14-20)12-13-28(23)25-33(27(37-25)38-28)16-24(35)32(21-7-9-22(34)10-8-21)15-17-2-4-19(29)5-3-17/h2-6,11,14,21-22,25,27,34H,7-10,12-13,15-16H2,1H3,(H2,30,31,36)/t21?,22?,25?,27?,28-/m1/s1. The summed E-state index contributed by atoms with van der Waals surface area (Å²) in [6.45, 7) is 0.544. The van der Waals surface area contributed by atoms with E-state index in [-0.39, 0.29) is 42.7 Å². The Morgan fingerprint density at radius 3 is 2.66 bits per heavy atom. The first kappa shape index (κ1) is 25.2. The fourth-order valence-electron chi connectivity index (χ4n) is 6.33. The SMILES string of the molecule is CNC(=O)Nc1ccc2c(c1)CC[C@@]21OC2OC1N2CC(=O)N(Cc1ccc(F)cc1)C1CCC(O)CC1. The lowest BCUT2D eigenvalue weighted by atomic mass is 9.91. The summed E-state index contributed by atoms with van der Waals surface area (Å²) in [5.74, 6) is -0.337. The highest BCUT2D eigenvalue weighted by atomic mass is 19.1. The van der Waals surface area contributed by atoms with Gasteiger partial charge >= 0.3 is 6.03 Å². The van der Waals surface area contributed by atoms with E-state index < -0.39 is 12.0 Å². The average molecular weight is 525 g/mol. The average Bonchev–Trinajstić information content (AvgIpc) is 3.58. The highest BCUT2D eigenvalue weighted by molar-refractivity contribution is 5.89. The van der Waals surface area contributed by atoms with Crippen molar-refractivity contribution in [2.45, 2.75) is 75.5 Å². The summed E-state index contributed by atoms with van der Waals surface area (Å²) in [6, 6.07) is 11.8. The molecule has 3 amide bonds. The number of nitrogens with one attached hydrogen (secondary N) is 2. The van der Waals surface area contributed by atoms with Crippen LogP contribution in [0.15, 0.2) is 42.5 Å². The number of aryl methyl sites for hydroxylation is 1. The van der Waals surface area contributed by atoms with Crippen LogP contribution in [0.25, 0.3) is 0 Å². The Kier molecular flexibility index (Phi) is 6.59. The topological polar surface area (TPSA) is 103 Å². The highest BCUT2D eigenvalue weighted by Gasteiger charge is 2.66. The maximum atomic E-state index is 13.7. The molecule has 2 unspecified atom stereocenters. The first-order chi connectivity index (χ1) is 18.4. The Morgan fingerprint density at radius 1 is 1.16 bits per heavy atom. The van der Waals surface area contributed by atoms with Crippen molar-refractivity contribution < 1.29 is 28.6 Å². The van der Waals surface area contributed by atoms with Crippen LogP contribution in [-0.2, 0) is 32.8 Å². The second kappa shape index (κ2) is 9.92. The molecule has 3 aliphatic heterocycles. The van der Waals surface area contributed by atoms with Crippen LogP contribution in [-0.4, -0.2) is 65.2 Å². The molecular formula is C28H33FN4O5. The van der Waals surface area contributed by atoms with Crippen LogP contribution in [0.1, 0.15) is 48.8 Å². The molecule has 202 valence electrons. The van der Waals surface area contributed by atoms with Crippen LogP contribution < -0.4 is 10.6 Å². The Morgan fingerprint density at radius 2 is 1.92 bits per heavy atom. The third-order valence-electron chi connectivity index (χ3n) is 8.35. The molecule has 0 radical (unpaired) electrons. The zero-order chi connectivity index (χ0) is 26.4. The predicted octanol–water partition coefficient (Wildman–Crippen LogP) is 3.02. The lowest BCUT2D eigenvalue weighted by Crippen LogP contribution is -2.59. The number of aliphatic hydroxyl groups is 1. The first-order valence-electron chi connectivity index (χ1n) is 13.3. The van der Waals surface area contributed by atoms with E-state index in [0.29, 0.717) is 25.1 Å². The Hall–Kier alpha value is -3.05. The number of anilines is 1. The van der Waals surface area contributed by atoms with Gasteiger partial charge in [-0.3, -0.25) is 4.79 Å². The summed E-state index contributed by atoms with van der Waals surface area (Å²) in [5, 5.41) is 15.4. The van der Waals surface area contributed by atoms with Gasteiger partial charge in [0.1, 0.15) is 11.4 Å². The van der Waals surface area contributed by atoms with Crippen LogP contribution in [0.3, 0.4) is 0 Å². The maximum Gasteiger partial charge on any atom is 0.318 e. The number of benzene rings is 2. The number of aliphatic hydroxyl groups excluding tert-OH is 1. The molecule has 3 heterocycles. The monoisotopic (exact) mass is 524 g/mol. The molecule has 3 atom stereocenters. The van der Waals surface area contributed by atoms with Gasteiger partial charge in [0, 0.05) is 25.3 Å². The number of rotatable bonds is 6. The van der Waals surface area contributed by atoms with Crippen molar-refractivity contribution in [1.82, 2.24) is 15.1 Å². The number of urea groups is 1. The Balaban J connectivity index is 1.18. The zero-order valence-electron chi connectivity index (χ0n) is 21.4. The second-order valence-electron chi connectivity index (χ2n) is 10.7. The quantitative estimate of drug-likeness (QED) is 0.537. The molecule has 4 fully saturated rings. The summed E-state index contributed by atoms with van der Waals surface area (Å²) in [6.07, 6.45) is 3.04. The molecule has 2 bridgehead atoms. The number of halogens is 1. The third kappa shape index (κ3) is 4.45. The van der Waals surface area contributed by atoms with E-state index in [9.17, 15) is 19.1 Å². The fraction of sp³-hybridized carbons (Fsp3) is 0.500. The molecule has 10 heteroatoms. The van der Waals surface area contributed by atoms with Gasteiger partial charge in [0.05, 0.1) is 12.6 Å². The summed E-state index contributed by atoms with van der Waals surface area (Å²) in [7, 11) is 1.57. The summed E-state index contributed by atoms with van der Waals surface area (Å²) in [5.41, 5.74) is 3.08. The van der Waals surface area contributed by atoms with E-state index in [0.717, 1.165) is 42.4 Å². The smallest absolute Gasteiger partial charge is 0.318 e. The molecule has 0 aromatic heterocycles. The van der Waals surface area contributed by atoms with Gasteiger partial charge in [-0.05, 0) is 79.5 Å². The van der Waals surface area contributed by atoms with Gasteiger partial charge in [-0.2, -0.15) is 0 Å². The van der Waals surface area contributed by atoms with Gasteiger partial charge in [-0.15, -0.1) is 0 Å². The minimum absolute atomic E-state index is 0.0177. The number of carbonyl (C=O) groups excluding carboxylic acids is 2. The number of carbonyl (C=O) groups is 2. The van der Waals surface area contributed by atoms with Gasteiger partial charge in [0.15, 0.2) is 6.23 Å². The number of hydrogen-bond acceptors (Lipinski definition) is 6. The van der Waals surface area contributed by atoms with E-state index in [2.05, 4.69) is 10.6 Å². The molecule has 5 aliphatic rings. The first-order valence-corrected chi connectivity index (χ1v) is 13.3. The number of nitrogens with zero attached hydrogens (tertiary/aromatic N) is 2. The van der Waals surface area contributed by atoms with Crippen LogP contribution >= 0.6 is 0 Å². The number of fused-ring (bicyclic) bond motifs is 1. The molecule has 2 aromatic carbocycles. The summed E-state index contributed by atoms with van der Waals surface area (Å²) in [4.78, 5) is 29.3. The second-order valence-corrected chi connectivity index (χ2v) is 10.7. The van der Waals surface area contributed by atoms with Crippen molar-refractivity contribution in [2.75, 3.05) is 18.9 Å². The molecule has 1 saturated carbocycles. The molecular weight excluding hydrogens is 491 g/mol. The van der Waals surface area contributed by atoms with E-state index in [1.807, 2.05) is 28.0 Å². The number of ether oxygens (including phenoxy) is 2. The number of hydrogen-bond donors (Lipinski definition) is 3. The molecule has 9 nitrogen and oxygen atoms in total. The molecule has 38 heavy (non-hydrogen) atoms. The minimum atomic E-state index is -0.636. The fourth-order valence-corrected chi connectivity index (χ4v) is 6.33. The minimum Gasteiger partial charge on any atom is -0.393 e. The lowest BCUT2D eigenvalue weighted by Gasteiger charge is -2.42. The van der Waals surface area contributed by atoms with E-state index in [1.54, 1.807) is 19.2 Å². The van der Waals surface area contributed by atoms with Gasteiger partial charge < -0.3 is 30.1 Å². The van der Waals surface area contributed by atoms with Crippen LogP contribution in [0, 0.1) is 5.82 Å². The lowest BCUT2D eigenvalue weighted by molar-refractivity contribution is -0.285. The van der Waals surface area contributed by atoms with Gasteiger partial charge in [-0.25, -0.2) is 14.1 Å². The Bertz CT molecular complexity index is 1220. The van der Waals surface area contributed by atoms with Crippen molar-refractivity contribution in [3.63, 3.8) is 0 Å². The summed E-state index contributed by atoms with van der Waals surface area (Å²) >= 11 is 0. The van der Waals surface area contributed by atoms with Crippen molar-refractivity contribution in [3.05, 3.63) is 65.0 Å². The summed E-state index contributed by atoms with van der Waals surface area (Å²) < 4.78 is 25.9. The van der Waals surface area contributed by atoms with E-state index in [4.69, 9.17) is 9.47 Å². The van der Waals surface area contributed by atoms with Gasteiger partial charge in [0.25, 0.3) is 0 Å². The van der Waals surface area contributed by atoms with Crippen LogP contribution in [0.4, 0.5) is 14.9 Å². The van der Waals surface area contributed by atoms with Crippen molar-refractivity contribution >= 4 is 17.6 Å².